The number of amides is 1. The van der Waals surface area contributed by atoms with E-state index in [9.17, 15) is 22.4 Å². The SMILES string of the molecule is Cc1ccc(NC(=O)COC(=O)c2cc(S(N)(=O)=O)ccc2Cl)c(F)c1. The van der Waals surface area contributed by atoms with Crippen molar-refractivity contribution >= 4 is 39.2 Å². The number of carbonyl (C=O) groups is 2. The number of hydrogen-bond donors (Lipinski definition) is 2. The van der Waals surface area contributed by atoms with Crippen LogP contribution in [0.25, 0.3) is 0 Å². The fraction of sp³-hybridized carbons (Fsp3) is 0.125. The van der Waals surface area contributed by atoms with Gasteiger partial charge >= 0.3 is 5.97 Å². The van der Waals surface area contributed by atoms with Crippen molar-refractivity contribution in [2.24, 2.45) is 5.14 Å². The fourth-order valence-electron chi connectivity index (χ4n) is 1.95. The Hall–Kier alpha value is -2.49. The lowest BCUT2D eigenvalue weighted by atomic mass is 10.2. The Morgan fingerprint density at radius 1 is 1.23 bits per heavy atom. The van der Waals surface area contributed by atoms with Crippen LogP contribution in [0.1, 0.15) is 15.9 Å². The molecule has 0 aliphatic rings. The van der Waals surface area contributed by atoms with Crippen molar-refractivity contribution in [2.45, 2.75) is 11.8 Å². The minimum absolute atomic E-state index is 0.0640. The van der Waals surface area contributed by atoms with Gasteiger partial charge in [0.1, 0.15) is 5.82 Å². The number of esters is 1. The smallest absolute Gasteiger partial charge is 0.340 e. The highest BCUT2D eigenvalue weighted by atomic mass is 35.5. The van der Waals surface area contributed by atoms with Gasteiger partial charge in [-0.05, 0) is 42.8 Å². The van der Waals surface area contributed by atoms with Crippen LogP contribution >= 0.6 is 11.6 Å². The Morgan fingerprint density at radius 3 is 2.54 bits per heavy atom. The van der Waals surface area contributed by atoms with Crippen molar-refractivity contribution in [2.75, 3.05) is 11.9 Å². The molecule has 0 aromatic heterocycles. The molecule has 0 spiro atoms. The number of sulfonamides is 1. The Labute approximate surface area is 154 Å². The molecule has 2 aromatic carbocycles. The maximum absolute atomic E-state index is 13.7. The first kappa shape index (κ1) is 19.8. The van der Waals surface area contributed by atoms with E-state index in [4.69, 9.17) is 21.5 Å². The minimum atomic E-state index is -4.04. The molecule has 0 bridgehead atoms. The van der Waals surface area contributed by atoms with Crippen molar-refractivity contribution < 1.29 is 27.1 Å². The monoisotopic (exact) mass is 400 g/mol. The standard InChI is InChI=1S/C16H14ClFN2O5S/c1-9-2-5-14(13(18)6-9)20-15(21)8-25-16(22)11-7-10(26(19,23)24)3-4-12(11)17/h2-7H,8H2,1H3,(H,20,21)(H2,19,23,24). The van der Waals surface area contributed by atoms with Gasteiger partial charge < -0.3 is 10.1 Å². The minimum Gasteiger partial charge on any atom is -0.452 e. The number of carbonyl (C=O) groups excluding carboxylic acids is 2. The zero-order chi connectivity index (χ0) is 19.5. The Kier molecular flexibility index (Phi) is 5.96. The van der Waals surface area contributed by atoms with Gasteiger partial charge in [0.2, 0.25) is 10.0 Å². The Morgan fingerprint density at radius 2 is 1.92 bits per heavy atom. The molecular formula is C16H14ClFN2O5S. The van der Waals surface area contributed by atoms with Gasteiger partial charge in [-0.1, -0.05) is 17.7 Å². The summed E-state index contributed by atoms with van der Waals surface area (Å²) >= 11 is 5.84. The second-order valence-electron chi connectivity index (χ2n) is 5.29. The van der Waals surface area contributed by atoms with E-state index in [1.54, 1.807) is 13.0 Å². The molecule has 26 heavy (non-hydrogen) atoms. The summed E-state index contributed by atoms with van der Waals surface area (Å²) in [4.78, 5) is 23.5. The molecule has 2 aromatic rings. The van der Waals surface area contributed by atoms with Gasteiger partial charge in [-0.3, -0.25) is 4.79 Å². The van der Waals surface area contributed by atoms with Crippen molar-refractivity contribution in [3.8, 4) is 0 Å². The van der Waals surface area contributed by atoms with Crippen LogP contribution in [0.3, 0.4) is 0 Å². The van der Waals surface area contributed by atoms with Crippen LogP contribution in [0.4, 0.5) is 10.1 Å². The van der Waals surface area contributed by atoms with Crippen molar-refractivity contribution in [3.05, 3.63) is 58.4 Å². The topological polar surface area (TPSA) is 116 Å². The van der Waals surface area contributed by atoms with Crippen LogP contribution in [0.2, 0.25) is 5.02 Å². The maximum Gasteiger partial charge on any atom is 0.340 e. The third-order valence-electron chi connectivity index (χ3n) is 3.22. The highest BCUT2D eigenvalue weighted by molar-refractivity contribution is 7.89. The summed E-state index contributed by atoms with van der Waals surface area (Å²) in [6, 6.07) is 7.44. The van der Waals surface area contributed by atoms with Gasteiger partial charge in [-0.2, -0.15) is 0 Å². The summed E-state index contributed by atoms with van der Waals surface area (Å²) in [5.74, 6) is -2.44. The molecule has 0 heterocycles. The first-order chi connectivity index (χ1) is 12.1. The third kappa shape index (κ3) is 5.01. The number of nitrogens with one attached hydrogen (secondary N) is 1. The Bertz CT molecular complexity index is 979. The summed E-state index contributed by atoms with van der Waals surface area (Å²) in [5, 5.41) is 7.16. The van der Waals surface area contributed by atoms with E-state index in [2.05, 4.69) is 5.32 Å². The number of benzene rings is 2. The summed E-state index contributed by atoms with van der Waals surface area (Å²) in [5.41, 5.74) is 0.342. The second-order valence-corrected chi connectivity index (χ2v) is 7.26. The summed E-state index contributed by atoms with van der Waals surface area (Å²) in [6.07, 6.45) is 0. The Balaban J connectivity index is 2.05. The molecule has 7 nitrogen and oxygen atoms in total. The number of ether oxygens (including phenoxy) is 1. The van der Waals surface area contributed by atoms with Gasteiger partial charge in [-0.15, -0.1) is 0 Å². The number of nitrogens with two attached hydrogens (primary N) is 1. The average molecular weight is 401 g/mol. The molecule has 0 unspecified atom stereocenters. The van der Waals surface area contributed by atoms with E-state index >= 15 is 0 Å². The lowest BCUT2D eigenvalue weighted by molar-refractivity contribution is -0.119. The van der Waals surface area contributed by atoms with Crippen LogP contribution in [0.5, 0.6) is 0 Å². The van der Waals surface area contributed by atoms with E-state index < -0.39 is 34.3 Å². The lowest BCUT2D eigenvalue weighted by Gasteiger charge is -2.09. The normalized spacial score (nSPS) is 11.1. The number of hydrogen-bond acceptors (Lipinski definition) is 5. The molecule has 138 valence electrons. The van der Waals surface area contributed by atoms with Gasteiger partial charge in [0.25, 0.3) is 5.91 Å². The summed E-state index contributed by atoms with van der Waals surface area (Å²) in [6.45, 7) is 0.970. The molecule has 0 aliphatic carbocycles. The first-order valence-corrected chi connectivity index (χ1v) is 9.06. The van der Waals surface area contributed by atoms with E-state index in [0.717, 1.165) is 12.1 Å². The maximum atomic E-state index is 13.7. The molecule has 0 atom stereocenters. The van der Waals surface area contributed by atoms with Crippen LogP contribution in [0.15, 0.2) is 41.3 Å². The largest absolute Gasteiger partial charge is 0.452 e. The van der Waals surface area contributed by atoms with Crippen molar-refractivity contribution in [1.29, 1.82) is 0 Å². The van der Waals surface area contributed by atoms with Gasteiger partial charge in [-0.25, -0.2) is 22.7 Å². The number of primary sulfonamides is 1. The predicted molar refractivity (Wildman–Crippen MR) is 92.9 cm³/mol. The van der Waals surface area contributed by atoms with Crippen molar-refractivity contribution in [1.82, 2.24) is 0 Å². The van der Waals surface area contributed by atoms with Gasteiger partial charge in [0, 0.05) is 0 Å². The van der Waals surface area contributed by atoms with E-state index in [1.165, 1.54) is 18.2 Å². The zero-order valence-corrected chi connectivity index (χ0v) is 15.0. The van der Waals surface area contributed by atoms with Crippen LogP contribution in [-0.2, 0) is 19.6 Å². The highest BCUT2D eigenvalue weighted by Gasteiger charge is 2.18. The summed E-state index contributed by atoms with van der Waals surface area (Å²) < 4.78 is 41.1. The molecule has 1 amide bonds. The summed E-state index contributed by atoms with van der Waals surface area (Å²) in [7, 11) is -4.04. The molecule has 0 fully saturated rings. The van der Waals surface area contributed by atoms with Gasteiger partial charge in [0.05, 0.1) is 21.2 Å². The number of rotatable bonds is 5. The number of aryl methyl sites for hydroxylation is 1. The molecule has 3 N–H and O–H groups in total. The molecule has 0 saturated carbocycles. The van der Waals surface area contributed by atoms with E-state index in [-0.39, 0.29) is 21.2 Å². The molecule has 0 saturated heterocycles. The highest BCUT2D eigenvalue weighted by Crippen LogP contribution is 2.21. The predicted octanol–water partition coefficient (Wildman–Crippen LogP) is 2.23. The quantitative estimate of drug-likeness (QED) is 0.746. The molecule has 0 aliphatic heterocycles. The first-order valence-electron chi connectivity index (χ1n) is 7.13. The fourth-order valence-corrected chi connectivity index (χ4v) is 2.69. The lowest BCUT2D eigenvalue weighted by Crippen LogP contribution is -2.22. The van der Waals surface area contributed by atoms with Crippen LogP contribution < -0.4 is 10.5 Å². The molecule has 2 rings (SSSR count). The second kappa shape index (κ2) is 7.81. The molecule has 10 heteroatoms. The molecular weight excluding hydrogens is 387 g/mol. The number of halogens is 2. The van der Waals surface area contributed by atoms with Gasteiger partial charge in [0.15, 0.2) is 6.61 Å². The van der Waals surface area contributed by atoms with Crippen molar-refractivity contribution in [3.63, 3.8) is 0 Å². The average Bonchev–Trinajstić information content (AvgIpc) is 2.54. The van der Waals surface area contributed by atoms with Crippen LogP contribution in [0, 0.1) is 12.7 Å². The van der Waals surface area contributed by atoms with E-state index in [0.29, 0.717) is 5.56 Å². The van der Waals surface area contributed by atoms with Crippen LogP contribution in [-0.4, -0.2) is 26.9 Å². The zero-order valence-electron chi connectivity index (χ0n) is 13.5. The third-order valence-corrected chi connectivity index (χ3v) is 4.46. The number of anilines is 1. The van der Waals surface area contributed by atoms with E-state index in [1.807, 2.05) is 0 Å². The molecule has 0 radical (unpaired) electrons.